The van der Waals surface area contributed by atoms with Crippen LogP contribution in [0.3, 0.4) is 0 Å². The van der Waals surface area contributed by atoms with E-state index >= 15 is 0 Å². The van der Waals surface area contributed by atoms with Crippen LogP contribution in [0.5, 0.6) is 0 Å². The normalized spacial score (nSPS) is 42.9. The van der Waals surface area contributed by atoms with Gasteiger partial charge in [-0.15, -0.1) is 0 Å². The highest BCUT2D eigenvalue weighted by molar-refractivity contribution is 7.59. The highest BCUT2D eigenvalue weighted by Crippen LogP contribution is 2.60. The second kappa shape index (κ2) is 6.94. The molecule has 0 atom stereocenters. The third-order valence-corrected chi connectivity index (χ3v) is 12.0. The molecule has 4 rings (SSSR count). The Labute approximate surface area is 134 Å². The van der Waals surface area contributed by atoms with E-state index in [4.69, 9.17) is 0 Å². The summed E-state index contributed by atoms with van der Waals surface area (Å²) in [5.74, 6) is 2.31. The molecule has 0 aliphatic carbocycles. The van der Waals surface area contributed by atoms with Crippen LogP contribution in [0.1, 0.15) is 83.5 Å². The van der Waals surface area contributed by atoms with Gasteiger partial charge in [0, 0.05) is 7.92 Å². The Hall–Kier alpha value is 0.495. The second-order valence-corrected chi connectivity index (χ2v) is 12.1. The molecule has 4 aliphatic heterocycles. The van der Waals surface area contributed by atoms with Crippen molar-refractivity contribution in [2.75, 3.05) is 6.16 Å². The van der Waals surface area contributed by atoms with Crippen molar-refractivity contribution in [1.82, 2.24) is 0 Å². The molecule has 4 saturated heterocycles. The molecule has 21 heavy (non-hydrogen) atoms. The summed E-state index contributed by atoms with van der Waals surface area (Å²) in [5.41, 5.74) is 2.49. The van der Waals surface area contributed by atoms with Crippen LogP contribution < -0.4 is 0 Å². The van der Waals surface area contributed by atoms with E-state index in [1.54, 1.807) is 96.0 Å². The van der Waals surface area contributed by atoms with E-state index in [9.17, 15) is 0 Å². The maximum absolute atomic E-state index is 1.70. The highest BCUT2D eigenvalue weighted by atomic mass is 31.1. The fourth-order valence-electron chi connectivity index (χ4n) is 6.82. The largest absolute Gasteiger partial charge is 0.146 e. The zero-order chi connectivity index (χ0) is 14.1. The lowest BCUT2D eigenvalue weighted by Crippen LogP contribution is -2.34. The van der Waals surface area contributed by atoms with Crippen molar-refractivity contribution in [3.8, 4) is 0 Å². The molecule has 4 bridgehead atoms. The van der Waals surface area contributed by atoms with Crippen molar-refractivity contribution in [1.29, 1.82) is 0 Å². The quantitative estimate of drug-likeness (QED) is 0.422. The number of rotatable bonds is 4. The minimum Gasteiger partial charge on any atom is -0.0703 e. The van der Waals surface area contributed by atoms with Crippen LogP contribution >= 0.6 is 7.92 Å². The third kappa shape index (κ3) is 3.24. The van der Waals surface area contributed by atoms with E-state index in [2.05, 4.69) is 0 Å². The SMILES string of the molecule is C1CC2CCCC(C1)B2CCC[PH+]1C2CCCC1CCC2. The number of hydrogen-bond acceptors (Lipinski definition) is 0. The average Bonchev–Trinajstić information content (AvgIpc) is 2.46. The summed E-state index contributed by atoms with van der Waals surface area (Å²) in [7, 11) is 0.0484. The van der Waals surface area contributed by atoms with E-state index in [1.807, 2.05) is 0 Å². The Morgan fingerprint density at radius 2 is 1.14 bits per heavy atom. The van der Waals surface area contributed by atoms with Gasteiger partial charge in [0.05, 0.1) is 17.5 Å². The first-order valence-corrected chi connectivity index (χ1v) is 12.1. The minimum atomic E-state index is 0.0484. The van der Waals surface area contributed by atoms with Gasteiger partial charge < -0.3 is 0 Å². The van der Waals surface area contributed by atoms with E-state index in [-0.39, 0.29) is 7.92 Å². The van der Waals surface area contributed by atoms with Gasteiger partial charge in [-0.1, -0.05) is 56.5 Å². The smallest absolute Gasteiger partial charge is 0.0703 e. The summed E-state index contributed by atoms with van der Waals surface area (Å²) in [6.45, 7) is 1.17. The topological polar surface area (TPSA) is 0 Å². The molecule has 0 N–H and O–H groups in total. The molecular formula is C19H35BP+. The molecule has 0 saturated carbocycles. The first kappa shape index (κ1) is 15.0. The molecule has 0 unspecified atom stereocenters. The summed E-state index contributed by atoms with van der Waals surface area (Å²) in [6, 6.07) is 0. The van der Waals surface area contributed by atoms with E-state index in [1.165, 1.54) is 18.0 Å². The first-order chi connectivity index (χ1) is 10.4. The molecule has 118 valence electrons. The predicted octanol–water partition coefficient (Wildman–Crippen LogP) is 6.30. The monoisotopic (exact) mass is 305 g/mol. The molecule has 0 aromatic heterocycles. The van der Waals surface area contributed by atoms with Gasteiger partial charge in [0.2, 0.25) is 0 Å². The maximum Gasteiger partial charge on any atom is 0.146 e. The lowest BCUT2D eigenvalue weighted by molar-refractivity contribution is 0.440. The van der Waals surface area contributed by atoms with Crippen molar-refractivity contribution in [3.63, 3.8) is 0 Å². The zero-order valence-corrected chi connectivity index (χ0v) is 15.0. The number of fused-ring (bicyclic) bond motifs is 4. The lowest BCUT2D eigenvalue weighted by Gasteiger charge is -2.41. The maximum atomic E-state index is 1.70. The second-order valence-electron chi connectivity index (χ2n) is 8.77. The molecule has 0 spiro atoms. The van der Waals surface area contributed by atoms with Crippen LogP contribution in [0.25, 0.3) is 0 Å². The predicted molar refractivity (Wildman–Crippen MR) is 98.8 cm³/mol. The van der Waals surface area contributed by atoms with Crippen molar-refractivity contribution in [2.45, 2.75) is 113 Å². The molecule has 4 fully saturated rings. The molecule has 0 radical (unpaired) electrons. The summed E-state index contributed by atoms with van der Waals surface area (Å²) in [6.07, 6.45) is 24.1. The van der Waals surface area contributed by atoms with Crippen molar-refractivity contribution in [2.24, 2.45) is 0 Å². The van der Waals surface area contributed by atoms with Crippen molar-refractivity contribution >= 4 is 14.6 Å². The van der Waals surface area contributed by atoms with Gasteiger partial charge in [-0.05, 0) is 44.9 Å². The number of hydrogen-bond donors (Lipinski definition) is 0. The molecule has 0 nitrogen and oxygen atoms in total. The molecule has 4 heterocycles. The standard InChI is InChI=1S/C19H34BP/c1-6-16-8-2-9-17(7-1)20(16)14-5-15-21-18-10-3-11-19(21)13-4-12-18/h16-19H,1-15H2/p+1. The Morgan fingerprint density at radius 3 is 1.67 bits per heavy atom. The van der Waals surface area contributed by atoms with E-state index < -0.39 is 0 Å². The van der Waals surface area contributed by atoms with Crippen molar-refractivity contribution in [3.05, 3.63) is 0 Å². The highest BCUT2D eigenvalue weighted by Gasteiger charge is 2.43. The van der Waals surface area contributed by atoms with Gasteiger partial charge in [0.25, 0.3) is 0 Å². The fraction of sp³-hybridized carbons (Fsp3) is 1.00. The van der Waals surface area contributed by atoms with Crippen LogP contribution in [0.15, 0.2) is 0 Å². The Bertz CT molecular complexity index is 268. The van der Waals surface area contributed by atoms with Crippen molar-refractivity contribution < 1.29 is 0 Å². The van der Waals surface area contributed by atoms with Crippen LogP contribution in [0.2, 0.25) is 18.0 Å². The molecule has 2 heteroatoms. The van der Waals surface area contributed by atoms with Crippen LogP contribution in [-0.4, -0.2) is 24.2 Å². The minimum absolute atomic E-state index is 0.0484. The summed E-state index contributed by atoms with van der Waals surface area (Å²) in [5, 5.41) is 0. The van der Waals surface area contributed by atoms with Crippen LogP contribution in [-0.2, 0) is 0 Å². The Kier molecular flexibility index (Phi) is 4.97. The Balaban J connectivity index is 1.29. The molecule has 4 aliphatic rings. The van der Waals surface area contributed by atoms with Crippen LogP contribution in [0.4, 0.5) is 0 Å². The first-order valence-electron chi connectivity index (χ1n) is 10.3. The summed E-state index contributed by atoms with van der Waals surface area (Å²) in [4.78, 5) is 0. The fourth-order valence-corrected chi connectivity index (χ4v) is 11.2. The molecule has 0 aromatic carbocycles. The van der Waals surface area contributed by atoms with Crippen LogP contribution in [0, 0.1) is 0 Å². The van der Waals surface area contributed by atoms with Gasteiger partial charge in [-0.25, -0.2) is 0 Å². The van der Waals surface area contributed by atoms with Gasteiger partial charge in [-0.2, -0.15) is 0 Å². The average molecular weight is 305 g/mol. The molecule has 0 amide bonds. The zero-order valence-electron chi connectivity index (χ0n) is 14.0. The summed E-state index contributed by atoms with van der Waals surface area (Å²) >= 11 is 0. The van der Waals surface area contributed by atoms with E-state index in [0.29, 0.717) is 0 Å². The lowest BCUT2D eigenvalue weighted by atomic mass is 9.26. The third-order valence-electron chi connectivity index (χ3n) is 7.77. The van der Waals surface area contributed by atoms with Gasteiger partial charge in [-0.3, -0.25) is 0 Å². The molecule has 0 aromatic rings. The molecular weight excluding hydrogens is 270 g/mol. The van der Waals surface area contributed by atoms with E-state index in [0.717, 1.165) is 11.6 Å². The van der Waals surface area contributed by atoms with Gasteiger partial charge >= 0.3 is 0 Å². The Morgan fingerprint density at radius 1 is 0.667 bits per heavy atom. The van der Waals surface area contributed by atoms with Gasteiger partial charge in [0.1, 0.15) is 6.71 Å². The summed E-state index contributed by atoms with van der Waals surface area (Å²) < 4.78 is 0. The van der Waals surface area contributed by atoms with Gasteiger partial charge in [0.15, 0.2) is 0 Å².